The van der Waals surface area contributed by atoms with Crippen molar-refractivity contribution in [2.45, 2.75) is 37.0 Å². The smallest absolute Gasteiger partial charge is 0.236 e. The molecule has 3 N–H and O–H groups in total. The van der Waals surface area contributed by atoms with Crippen molar-refractivity contribution in [3.05, 3.63) is 0 Å². The molecule has 0 bridgehead atoms. The molecule has 18 heavy (non-hydrogen) atoms. The number of hydrogen-bond acceptors (Lipinski definition) is 5. The van der Waals surface area contributed by atoms with Gasteiger partial charge in [0.05, 0.1) is 17.0 Å². The van der Waals surface area contributed by atoms with E-state index in [4.69, 9.17) is 10.5 Å². The number of hydrogen-bond donors (Lipinski definition) is 2. The third-order valence-corrected chi connectivity index (χ3v) is 5.44. The molecule has 0 saturated carbocycles. The van der Waals surface area contributed by atoms with E-state index in [9.17, 15) is 13.2 Å². The van der Waals surface area contributed by atoms with Crippen LogP contribution in [0.2, 0.25) is 0 Å². The second-order valence-corrected chi connectivity index (χ2v) is 7.02. The fourth-order valence-corrected chi connectivity index (χ4v) is 3.78. The van der Waals surface area contributed by atoms with Crippen LogP contribution in [0, 0.1) is 0 Å². The van der Waals surface area contributed by atoms with Crippen LogP contribution in [0.4, 0.5) is 0 Å². The van der Waals surface area contributed by atoms with Gasteiger partial charge in [-0.25, -0.2) is 8.42 Å². The first-order chi connectivity index (χ1) is 8.47. The van der Waals surface area contributed by atoms with Crippen LogP contribution in [0.15, 0.2) is 0 Å². The predicted molar refractivity (Wildman–Crippen MR) is 68.9 cm³/mol. The summed E-state index contributed by atoms with van der Waals surface area (Å²) in [5.74, 6) is -0.0545. The molecule has 0 aromatic heterocycles. The third-order valence-electron chi connectivity index (χ3n) is 3.17. The Balaban J connectivity index is 2.28. The van der Waals surface area contributed by atoms with Gasteiger partial charge in [0.1, 0.15) is 0 Å². The standard InChI is InChI=1S/C11H22N2O4S/c1-17-6-2-5-10(12)11(14)13-8-9-4-3-7-18(9,15)16/h9-10H,2-8,12H2,1H3,(H,13,14). The fraction of sp³-hybridized carbons (Fsp3) is 0.909. The molecule has 1 saturated heterocycles. The zero-order chi connectivity index (χ0) is 13.6. The van der Waals surface area contributed by atoms with Gasteiger partial charge in [-0.3, -0.25) is 4.79 Å². The van der Waals surface area contributed by atoms with Gasteiger partial charge in [-0.2, -0.15) is 0 Å². The molecule has 106 valence electrons. The highest BCUT2D eigenvalue weighted by Gasteiger charge is 2.31. The van der Waals surface area contributed by atoms with Gasteiger partial charge in [-0.1, -0.05) is 0 Å². The van der Waals surface area contributed by atoms with Crippen LogP contribution in [0.1, 0.15) is 25.7 Å². The maximum atomic E-state index is 11.6. The molecule has 1 rings (SSSR count). The molecule has 0 radical (unpaired) electrons. The molecule has 0 aromatic carbocycles. The highest BCUT2D eigenvalue weighted by atomic mass is 32.2. The van der Waals surface area contributed by atoms with E-state index in [0.29, 0.717) is 32.3 Å². The molecule has 0 aromatic rings. The molecule has 0 spiro atoms. The van der Waals surface area contributed by atoms with E-state index >= 15 is 0 Å². The topological polar surface area (TPSA) is 98.5 Å². The number of nitrogens with one attached hydrogen (secondary N) is 1. The molecule has 7 heteroatoms. The number of rotatable bonds is 7. The largest absolute Gasteiger partial charge is 0.385 e. The van der Waals surface area contributed by atoms with E-state index in [0.717, 1.165) is 0 Å². The van der Waals surface area contributed by atoms with E-state index < -0.39 is 21.1 Å². The van der Waals surface area contributed by atoms with E-state index in [-0.39, 0.29) is 18.2 Å². The molecule has 1 aliphatic rings. The summed E-state index contributed by atoms with van der Waals surface area (Å²) in [5, 5.41) is 2.19. The number of sulfone groups is 1. The summed E-state index contributed by atoms with van der Waals surface area (Å²) < 4.78 is 28.0. The number of carbonyl (C=O) groups excluding carboxylic acids is 1. The van der Waals surface area contributed by atoms with Crippen LogP contribution >= 0.6 is 0 Å². The van der Waals surface area contributed by atoms with E-state index in [2.05, 4.69) is 5.32 Å². The average molecular weight is 278 g/mol. The predicted octanol–water partition coefficient (Wildman–Crippen LogP) is -0.566. The number of amides is 1. The summed E-state index contributed by atoms with van der Waals surface area (Å²) in [6, 6.07) is -0.593. The molecular weight excluding hydrogens is 256 g/mol. The summed E-state index contributed by atoms with van der Waals surface area (Å²) >= 11 is 0. The van der Waals surface area contributed by atoms with Crippen molar-refractivity contribution in [3.8, 4) is 0 Å². The Bertz CT molecular complexity index is 369. The van der Waals surface area contributed by atoms with Gasteiger partial charge in [-0.05, 0) is 25.7 Å². The van der Waals surface area contributed by atoms with Crippen LogP contribution in [-0.2, 0) is 19.4 Å². The lowest BCUT2D eigenvalue weighted by molar-refractivity contribution is -0.122. The van der Waals surface area contributed by atoms with Crippen LogP contribution in [-0.4, -0.2) is 51.6 Å². The summed E-state index contributed by atoms with van der Waals surface area (Å²) in [6.07, 6.45) is 2.56. The maximum Gasteiger partial charge on any atom is 0.236 e. The van der Waals surface area contributed by atoms with Crippen molar-refractivity contribution >= 4 is 15.7 Å². The van der Waals surface area contributed by atoms with E-state index in [1.807, 2.05) is 0 Å². The van der Waals surface area contributed by atoms with Crippen LogP contribution < -0.4 is 11.1 Å². The number of ether oxygens (including phenoxy) is 1. The highest BCUT2D eigenvalue weighted by molar-refractivity contribution is 7.92. The molecule has 1 aliphatic heterocycles. The molecule has 0 aliphatic carbocycles. The van der Waals surface area contributed by atoms with Gasteiger partial charge < -0.3 is 15.8 Å². The zero-order valence-corrected chi connectivity index (χ0v) is 11.5. The lowest BCUT2D eigenvalue weighted by Gasteiger charge is -2.14. The summed E-state index contributed by atoms with van der Waals surface area (Å²) in [4.78, 5) is 11.6. The monoisotopic (exact) mass is 278 g/mol. The maximum absolute atomic E-state index is 11.6. The Labute approximate surface area is 108 Å². The molecule has 2 atom stereocenters. The fourth-order valence-electron chi connectivity index (χ4n) is 2.01. The average Bonchev–Trinajstić information content (AvgIpc) is 2.65. The van der Waals surface area contributed by atoms with Crippen molar-refractivity contribution in [1.29, 1.82) is 0 Å². The van der Waals surface area contributed by atoms with Crippen LogP contribution in [0.5, 0.6) is 0 Å². The number of carbonyl (C=O) groups is 1. The molecule has 6 nitrogen and oxygen atoms in total. The number of methoxy groups -OCH3 is 1. The molecular formula is C11H22N2O4S. The Morgan fingerprint density at radius 1 is 1.56 bits per heavy atom. The minimum atomic E-state index is -3.00. The zero-order valence-electron chi connectivity index (χ0n) is 10.7. The molecule has 1 fully saturated rings. The SMILES string of the molecule is COCCCC(N)C(=O)NCC1CCCS1(=O)=O. The Hall–Kier alpha value is -0.660. The molecule has 1 amide bonds. The Kier molecular flexibility index (Phi) is 6.04. The summed E-state index contributed by atoms with van der Waals surface area (Å²) in [7, 11) is -1.41. The summed E-state index contributed by atoms with van der Waals surface area (Å²) in [5.41, 5.74) is 5.69. The Morgan fingerprint density at radius 3 is 2.83 bits per heavy atom. The first kappa shape index (κ1) is 15.4. The van der Waals surface area contributed by atoms with Gasteiger partial charge in [0.25, 0.3) is 0 Å². The molecule has 1 heterocycles. The van der Waals surface area contributed by atoms with E-state index in [1.165, 1.54) is 0 Å². The minimum absolute atomic E-state index is 0.180. The van der Waals surface area contributed by atoms with Gasteiger partial charge in [-0.15, -0.1) is 0 Å². The van der Waals surface area contributed by atoms with Crippen molar-refractivity contribution in [2.75, 3.05) is 26.0 Å². The van der Waals surface area contributed by atoms with Crippen LogP contribution in [0.3, 0.4) is 0 Å². The van der Waals surface area contributed by atoms with Crippen molar-refractivity contribution in [3.63, 3.8) is 0 Å². The van der Waals surface area contributed by atoms with Crippen molar-refractivity contribution < 1.29 is 17.9 Å². The van der Waals surface area contributed by atoms with Crippen molar-refractivity contribution in [2.24, 2.45) is 5.73 Å². The van der Waals surface area contributed by atoms with Gasteiger partial charge >= 0.3 is 0 Å². The number of nitrogens with two attached hydrogens (primary N) is 1. The second-order valence-electron chi connectivity index (χ2n) is 4.62. The lowest BCUT2D eigenvalue weighted by Crippen LogP contribution is -2.44. The van der Waals surface area contributed by atoms with Gasteiger partial charge in [0.15, 0.2) is 9.84 Å². The second kappa shape index (κ2) is 7.06. The van der Waals surface area contributed by atoms with Gasteiger partial charge in [0.2, 0.25) is 5.91 Å². The Morgan fingerprint density at radius 2 is 2.28 bits per heavy atom. The van der Waals surface area contributed by atoms with Crippen LogP contribution in [0.25, 0.3) is 0 Å². The summed E-state index contributed by atoms with van der Waals surface area (Å²) in [6.45, 7) is 0.747. The lowest BCUT2D eigenvalue weighted by atomic mass is 10.1. The van der Waals surface area contributed by atoms with E-state index in [1.54, 1.807) is 7.11 Å². The minimum Gasteiger partial charge on any atom is -0.385 e. The quantitative estimate of drug-likeness (QED) is 0.608. The molecule has 2 unspecified atom stereocenters. The normalized spacial score (nSPS) is 23.8. The third kappa shape index (κ3) is 4.55. The highest BCUT2D eigenvalue weighted by Crippen LogP contribution is 2.18. The van der Waals surface area contributed by atoms with Gasteiger partial charge in [0, 0.05) is 20.3 Å². The first-order valence-electron chi connectivity index (χ1n) is 6.21. The van der Waals surface area contributed by atoms with Crippen molar-refractivity contribution in [1.82, 2.24) is 5.32 Å². The first-order valence-corrected chi connectivity index (χ1v) is 7.92.